The van der Waals surface area contributed by atoms with Crippen LogP contribution in [-0.4, -0.2) is 86.4 Å². The van der Waals surface area contributed by atoms with Gasteiger partial charge in [0.25, 0.3) is 5.91 Å². The van der Waals surface area contributed by atoms with Gasteiger partial charge in [-0.2, -0.15) is 0 Å². The molecule has 184 valence electrons. The number of fused-ring (bicyclic) bond motifs is 3. The third-order valence-electron chi connectivity index (χ3n) is 7.04. The van der Waals surface area contributed by atoms with Crippen molar-refractivity contribution in [3.8, 4) is 0 Å². The van der Waals surface area contributed by atoms with Gasteiger partial charge in [0.15, 0.2) is 0 Å². The van der Waals surface area contributed by atoms with Crippen molar-refractivity contribution in [1.29, 1.82) is 0 Å². The van der Waals surface area contributed by atoms with Crippen LogP contribution in [0.15, 0.2) is 18.2 Å². The van der Waals surface area contributed by atoms with E-state index in [1.165, 1.54) is 4.90 Å². The SMILES string of the molecule is CCOC(=O)C1CCN(C(=O)CN2C(=O)[C@@H]3CCCCN3c3ccc(C(=O)N(C)C)cc32)CC1. The number of piperidine rings is 2. The Labute approximate surface area is 200 Å². The van der Waals surface area contributed by atoms with Crippen LogP contribution < -0.4 is 9.80 Å². The lowest BCUT2D eigenvalue weighted by atomic mass is 9.95. The highest BCUT2D eigenvalue weighted by Crippen LogP contribution is 2.40. The van der Waals surface area contributed by atoms with Crippen LogP contribution in [0.4, 0.5) is 11.4 Å². The number of carbonyl (C=O) groups is 4. The Kier molecular flexibility index (Phi) is 7.09. The molecule has 1 atom stereocenters. The maximum atomic E-state index is 13.5. The number of anilines is 2. The first-order valence-corrected chi connectivity index (χ1v) is 12.2. The summed E-state index contributed by atoms with van der Waals surface area (Å²) in [6, 6.07) is 5.15. The molecule has 9 nitrogen and oxygen atoms in total. The highest BCUT2D eigenvalue weighted by atomic mass is 16.5. The molecule has 1 aromatic rings. The van der Waals surface area contributed by atoms with Crippen molar-refractivity contribution < 1.29 is 23.9 Å². The van der Waals surface area contributed by atoms with Crippen molar-refractivity contribution in [3.63, 3.8) is 0 Å². The Morgan fingerprint density at radius 2 is 1.76 bits per heavy atom. The number of hydrogen-bond acceptors (Lipinski definition) is 6. The molecule has 3 aliphatic rings. The van der Waals surface area contributed by atoms with Gasteiger partial charge in [0.1, 0.15) is 12.6 Å². The topological polar surface area (TPSA) is 90.5 Å². The normalized spacial score (nSPS) is 20.5. The fourth-order valence-corrected chi connectivity index (χ4v) is 5.17. The molecule has 0 radical (unpaired) electrons. The number of likely N-dealkylation sites (tertiary alicyclic amines) is 1. The van der Waals surface area contributed by atoms with Crippen molar-refractivity contribution in [2.24, 2.45) is 5.92 Å². The van der Waals surface area contributed by atoms with Crippen LogP contribution in [0, 0.1) is 5.92 Å². The van der Waals surface area contributed by atoms with E-state index in [2.05, 4.69) is 4.90 Å². The largest absolute Gasteiger partial charge is 0.466 e. The molecule has 34 heavy (non-hydrogen) atoms. The zero-order valence-electron chi connectivity index (χ0n) is 20.3. The first-order chi connectivity index (χ1) is 16.3. The number of benzene rings is 1. The van der Waals surface area contributed by atoms with Gasteiger partial charge in [0.05, 0.1) is 23.9 Å². The summed E-state index contributed by atoms with van der Waals surface area (Å²) in [6.45, 7) is 3.78. The molecule has 0 bridgehead atoms. The Hall–Kier alpha value is -3.10. The second-order valence-corrected chi connectivity index (χ2v) is 9.44. The first-order valence-electron chi connectivity index (χ1n) is 12.2. The molecular weight excluding hydrogens is 436 g/mol. The zero-order chi connectivity index (χ0) is 24.4. The van der Waals surface area contributed by atoms with Gasteiger partial charge >= 0.3 is 5.97 Å². The summed E-state index contributed by atoms with van der Waals surface area (Å²) in [5.74, 6) is -0.767. The molecule has 1 aromatic carbocycles. The van der Waals surface area contributed by atoms with Gasteiger partial charge in [-0.3, -0.25) is 24.1 Å². The second-order valence-electron chi connectivity index (χ2n) is 9.44. The van der Waals surface area contributed by atoms with Gasteiger partial charge in [-0.05, 0) is 57.2 Å². The van der Waals surface area contributed by atoms with Crippen LogP contribution in [0.5, 0.6) is 0 Å². The second kappa shape index (κ2) is 10.0. The minimum atomic E-state index is -0.279. The molecular formula is C25H34N4O5. The Morgan fingerprint density at radius 3 is 2.44 bits per heavy atom. The van der Waals surface area contributed by atoms with Gasteiger partial charge in [-0.25, -0.2) is 0 Å². The van der Waals surface area contributed by atoms with E-state index < -0.39 is 0 Å². The van der Waals surface area contributed by atoms with Gasteiger partial charge < -0.3 is 19.4 Å². The van der Waals surface area contributed by atoms with Crippen LogP contribution in [-0.2, 0) is 19.1 Å². The van der Waals surface area contributed by atoms with Crippen LogP contribution >= 0.6 is 0 Å². The maximum absolute atomic E-state index is 13.5. The highest BCUT2D eigenvalue weighted by molar-refractivity contribution is 6.09. The molecule has 0 N–H and O–H groups in total. The molecule has 2 saturated heterocycles. The summed E-state index contributed by atoms with van der Waals surface area (Å²) in [4.78, 5) is 58.3. The fraction of sp³-hybridized carbons (Fsp3) is 0.600. The number of ether oxygens (including phenoxy) is 1. The van der Waals surface area contributed by atoms with E-state index in [4.69, 9.17) is 4.74 Å². The number of carbonyl (C=O) groups excluding carboxylic acids is 4. The summed E-state index contributed by atoms with van der Waals surface area (Å²) in [5, 5.41) is 0. The van der Waals surface area contributed by atoms with Crippen molar-refractivity contribution >= 4 is 35.1 Å². The van der Waals surface area contributed by atoms with Gasteiger partial charge in [0, 0.05) is 39.3 Å². The molecule has 0 spiro atoms. The van der Waals surface area contributed by atoms with E-state index in [1.54, 1.807) is 43.0 Å². The fourth-order valence-electron chi connectivity index (χ4n) is 5.17. The van der Waals surface area contributed by atoms with Crippen molar-refractivity contribution in [3.05, 3.63) is 23.8 Å². The van der Waals surface area contributed by atoms with E-state index in [0.29, 0.717) is 43.8 Å². The summed E-state index contributed by atoms with van der Waals surface area (Å²) >= 11 is 0. The minimum absolute atomic E-state index is 0.0696. The number of nitrogens with zero attached hydrogens (tertiary/aromatic N) is 4. The number of esters is 1. The van der Waals surface area contributed by atoms with E-state index in [0.717, 1.165) is 31.5 Å². The summed E-state index contributed by atoms with van der Waals surface area (Å²) in [7, 11) is 3.38. The number of amides is 3. The first kappa shape index (κ1) is 24.0. The quantitative estimate of drug-likeness (QED) is 0.611. The number of rotatable bonds is 5. The van der Waals surface area contributed by atoms with Gasteiger partial charge in [-0.15, -0.1) is 0 Å². The lowest BCUT2D eigenvalue weighted by Gasteiger charge is -2.45. The third-order valence-corrected chi connectivity index (χ3v) is 7.04. The molecule has 0 aromatic heterocycles. The molecule has 2 fully saturated rings. The zero-order valence-corrected chi connectivity index (χ0v) is 20.3. The molecule has 0 saturated carbocycles. The molecule has 0 unspecified atom stereocenters. The lowest BCUT2D eigenvalue weighted by molar-refractivity contribution is -0.151. The molecule has 9 heteroatoms. The highest BCUT2D eigenvalue weighted by Gasteiger charge is 2.41. The van der Waals surface area contributed by atoms with E-state index in [9.17, 15) is 19.2 Å². The average Bonchev–Trinajstić information content (AvgIpc) is 2.85. The standard InChI is InChI=1S/C25H34N4O5/c1-4-34-25(33)17-10-13-27(14-11-17)22(30)16-29-21-15-18(23(31)26(2)3)8-9-19(21)28-12-6-5-7-20(28)24(29)32/h8-9,15,17,20H,4-7,10-14,16H2,1-3H3/t20-/m0/s1. The molecule has 0 aliphatic carbocycles. The molecule has 3 amide bonds. The van der Waals surface area contributed by atoms with Crippen molar-refractivity contribution in [2.75, 3.05) is 56.7 Å². The Balaban J connectivity index is 1.55. The van der Waals surface area contributed by atoms with E-state index in [1.807, 2.05) is 6.07 Å². The Bertz CT molecular complexity index is 970. The average molecular weight is 471 g/mol. The maximum Gasteiger partial charge on any atom is 0.309 e. The predicted octanol–water partition coefficient (Wildman–Crippen LogP) is 1.90. The molecule has 3 heterocycles. The van der Waals surface area contributed by atoms with Gasteiger partial charge in [-0.1, -0.05) is 0 Å². The van der Waals surface area contributed by atoms with E-state index in [-0.39, 0.29) is 42.2 Å². The van der Waals surface area contributed by atoms with Crippen LogP contribution in [0.2, 0.25) is 0 Å². The third kappa shape index (κ3) is 4.60. The van der Waals surface area contributed by atoms with Crippen LogP contribution in [0.3, 0.4) is 0 Å². The molecule has 3 aliphatic heterocycles. The summed E-state index contributed by atoms with van der Waals surface area (Å²) < 4.78 is 5.12. The van der Waals surface area contributed by atoms with Crippen molar-refractivity contribution in [1.82, 2.24) is 9.80 Å². The van der Waals surface area contributed by atoms with Crippen molar-refractivity contribution in [2.45, 2.75) is 45.1 Å². The van der Waals surface area contributed by atoms with E-state index >= 15 is 0 Å². The summed E-state index contributed by atoms with van der Waals surface area (Å²) in [6.07, 6.45) is 3.87. The predicted molar refractivity (Wildman–Crippen MR) is 128 cm³/mol. The monoisotopic (exact) mass is 470 g/mol. The lowest BCUT2D eigenvalue weighted by Crippen LogP contribution is -2.57. The molecule has 4 rings (SSSR count). The van der Waals surface area contributed by atoms with Gasteiger partial charge in [0.2, 0.25) is 11.8 Å². The minimum Gasteiger partial charge on any atom is -0.466 e. The number of hydrogen-bond donors (Lipinski definition) is 0. The van der Waals surface area contributed by atoms with Crippen LogP contribution in [0.25, 0.3) is 0 Å². The Morgan fingerprint density at radius 1 is 1.03 bits per heavy atom. The summed E-state index contributed by atoms with van der Waals surface area (Å²) in [5.41, 5.74) is 2.00. The van der Waals surface area contributed by atoms with Crippen LogP contribution in [0.1, 0.15) is 49.4 Å². The smallest absolute Gasteiger partial charge is 0.309 e.